The van der Waals surface area contributed by atoms with Crippen LogP contribution in [0.25, 0.3) is 0 Å². The van der Waals surface area contributed by atoms with Crippen molar-refractivity contribution in [2.24, 2.45) is 0 Å². The summed E-state index contributed by atoms with van der Waals surface area (Å²) in [5.74, 6) is -0.534. The fourth-order valence-electron chi connectivity index (χ4n) is 2.86. The Kier molecular flexibility index (Phi) is 5.37. The fourth-order valence-corrected chi connectivity index (χ4v) is 4.87. The quantitative estimate of drug-likeness (QED) is 0.886. The molecule has 1 aliphatic rings. The highest BCUT2D eigenvalue weighted by Gasteiger charge is 2.38. The number of aliphatic hydroxyl groups is 1. The number of hydrogen-bond donors (Lipinski definition) is 1. The molecule has 8 heteroatoms. The second-order valence-electron chi connectivity index (χ2n) is 6.40. The summed E-state index contributed by atoms with van der Waals surface area (Å²) in [6.07, 6.45) is 0.699. The fraction of sp³-hybridized carbons (Fsp3) is 0.600. The third-order valence-electron chi connectivity index (χ3n) is 4.09. The molecule has 1 heterocycles. The molecule has 0 unspecified atom stereocenters. The molecule has 0 bridgehead atoms. The molecule has 0 atom stereocenters. The van der Waals surface area contributed by atoms with Gasteiger partial charge < -0.3 is 10.0 Å². The predicted molar refractivity (Wildman–Crippen MR) is 87.6 cm³/mol. The molecule has 1 N–H and O–H groups in total. The molecule has 0 aliphatic carbocycles. The van der Waals surface area contributed by atoms with E-state index in [1.807, 2.05) is 19.0 Å². The van der Waals surface area contributed by atoms with Gasteiger partial charge in [-0.25, -0.2) is 12.8 Å². The lowest BCUT2D eigenvalue weighted by Gasteiger charge is -2.39. The first-order valence-corrected chi connectivity index (χ1v) is 9.20. The first kappa shape index (κ1) is 18.6. The Labute approximate surface area is 141 Å². The highest BCUT2D eigenvalue weighted by atomic mass is 35.5. The summed E-state index contributed by atoms with van der Waals surface area (Å²) in [6, 6.07) is 2.28. The zero-order valence-electron chi connectivity index (χ0n) is 13.5. The van der Waals surface area contributed by atoms with Gasteiger partial charge in [-0.15, -0.1) is 0 Å². The van der Waals surface area contributed by atoms with Crippen LogP contribution in [0.3, 0.4) is 0 Å². The van der Waals surface area contributed by atoms with Crippen molar-refractivity contribution in [3.05, 3.63) is 28.5 Å². The molecular weight excluding hydrogens is 343 g/mol. The molecular formula is C15H22ClFN2O3S. The molecule has 1 aromatic carbocycles. The molecule has 1 aliphatic heterocycles. The molecule has 1 saturated heterocycles. The van der Waals surface area contributed by atoms with E-state index in [1.54, 1.807) is 0 Å². The van der Waals surface area contributed by atoms with E-state index in [4.69, 9.17) is 11.6 Å². The van der Waals surface area contributed by atoms with Gasteiger partial charge in [0.2, 0.25) is 10.0 Å². The minimum atomic E-state index is -3.80. The van der Waals surface area contributed by atoms with Crippen LogP contribution in [0.5, 0.6) is 0 Å². The normalized spacial score (nSPS) is 19.3. The highest BCUT2D eigenvalue weighted by molar-refractivity contribution is 7.89. The third kappa shape index (κ3) is 4.03. The van der Waals surface area contributed by atoms with Gasteiger partial charge in [0.05, 0.1) is 10.6 Å². The van der Waals surface area contributed by atoms with Gasteiger partial charge in [-0.2, -0.15) is 4.31 Å². The molecule has 0 aromatic heterocycles. The minimum Gasteiger partial charge on any atom is -0.388 e. The van der Waals surface area contributed by atoms with E-state index < -0.39 is 21.4 Å². The van der Waals surface area contributed by atoms with E-state index in [0.29, 0.717) is 19.4 Å². The summed E-state index contributed by atoms with van der Waals surface area (Å²) >= 11 is 5.93. The van der Waals surface area contributed by atoms with Gasteiger partial charge in [-0.05, 0) is 51.6 Å². The predicted octanol–water partition coefficient (Wildman–Crippen LogP) is 1.86. The minimum absolute atomic E-state index is 0.0869. The second-order valence-corrected chi connectivity index (χ2v) is 8.71. The first-order chi connectivity index (χ1) is 10.5. The van der Waals surface area contributed by atoms with Crippen molar-refractivity contribution in [3.8, 4) is 0 Å². The Hall–Kier alpha value is -0.730. The lowest BCUT2D eigenvalue weighted by Crippen LogP contribution is -2.51. The van der Waals surface area contributed by atoms with Crippen LogP contribution in [-0.2, 0) is 10.0 Å². The number of aryl methyl sites for hydroxylation is 1. The lowest BCUT2D eigenvalue weighted by atomic mass is 9.92. The molecule has 1 fully saturated rings. The Morgan fingerprint density at radius 1 is 1.35 bits per heavy atom. The summed E-state index contributed by atoms with van der Waals surface area (Å²) in [7, 11) is -0.0741. The van der Waals surface area contributed by atoms with Gasteiger partial charge in [0.25, 0.3) is 0 Å². The molecule has 0 saturated carbocycles. The zero-order chi connectivity index (χ0) is 17.4. The number of sulfonamides is 1. The van der Waals surface area contributed by atoms with Crippen LogP contribution in [0.1, 0.15) is 18.4 Å². The molecule has 130 valence electrons. The maximum Gasteiger partial charge on any atom is 0.244 e. The van der Waals surface area contributed by atoms with Crippen LogP contribution in [0, 0.1) is 12.7 Å². The number of hydrogen-bond acceptors (Lipinski definition) is 4. The lowest BCUT2D eigenvalue weighted by molar-refractivity contribution is -0.0234. The van der Waals surface area contributed by atoms with Crippen molar-refractivity contribution < 1.29 is 17.9 Å². The topological polar surface area (TPSA) is 60.9 Å². The van der Waals surface area contributed by atoms with Crippen LogP contribution >= 0.6 is 11.6 Å². The average molecular weight is 365 g/mol. The summed E-state index contributed by atoms with van der Waals surface area (Å²) in [5.41, 5.74) is -0.660. The molecule has 2 rings (SSSR count). The van der Waals surface area contributed by atoms with Crippen molar-refractivity contribution in [1.82, 2.24) is 9.21 Å². The smallest absolute Gasteiger partial charge is 0.244 e. The summed E-state index contributed by atoms with van der Waals surface area (Å²) in [5, 5.41) is 10.4. The number of likely N-dealkylation sites (N-methyl/N-ethyl adjacent to an activating group) is 1. The summed E-state index contributed by atoms with van der Waals surface area (Å²) in [6.45, 7) is 2.40. The van der Waals surface area contributed by atoms with Crippen molar-refractivity contribution in [3.63, 3.8) is 0 Å². The maximum atomic E-state index is 13.5. The van der Waals surface area contributed by atoms with Crippen molar-refractivity contribution >= 4 is 21.6 Å². The Morgan fingerprint density at radius 3 is 2.43 bits per heavy atom. The van der Waals surface area contributed by atoms with Gasteiger partial charge >= 0.3 is 0 Å². The molecule has 0 spiro atoms. The van der Waals surface area contributed by atoms with Crippen molar-refractivity contribution in [1.29, 1.82) is 0 Å². The molecule has 5 nitrogen and oxygen atoms in total. The van der Waals surface area contributed by atoms with Crippen LogP contribution < -0.4 is 0 Å². The van der Waals surface area contributed by atoms with E-state index >= 15 is 0 Å². The number of benzene rings is 1. The van der Waals surface area contributed by atoms with E-state index in [1.165, 1.54) is 17.3 Å². The molecule has 0 amide bonds. The zero-order valence-corrected chi connectivity index (χ0v) is 15.1. The van der Waals surface area contributed by atoms with E-state index in [2.05, 4.69) is 0 Å². The van der Waals surface area contributed by atoms with Gasteiger partial charge in [-0.3, -0.25) is 0 Å². The van der Waals surface area contributed by atoms with Gasteiger partial charge in [0, 0.05) is 19.6 Å². The summed E-state index contributed by atoms with van der Waals surface area (Å²) < 4.78 is 40.2. The van der Waals surface area contributed by atoms with Gasteiger partial charge in [-0.1, -0.05) is 11.6 Å². The second kappa shape index (κ2) is 6.64. The maximum absolute atomic E-state index is 13.5. The number of nitrogens with zero attached hydrogens (tertiary/aromatic N) is 2. The standard InChI is InChI=1S/C15H22ClFN2O3S/c1-11-8-14(12(16)9-13(11)17)23(21,22)19-6-4-15(20,5-7-19)10-18(2)3/h8-9,20H,4-7,10H2,1-3H3. The Balaban J connectivity index is 2.21. The molecule has 1 aromatic rings. The van der Waals surface area contributed by atoms with Gasteiger partial charge in [0.15, 0.2) is 0 Å². The van der Waals surface area contributed by atoms with E-state index in [-0.39, 0.29) is 28.6 Å². The van der Waals surface area contributed by atoms with E-state index in [0.717, 1.165) is 6.07 Å². The Bertz CT molecular complexity index is 686. The monoisotopic (exact) mass is 364 g/mol. The van der Waals surface area contributed by atoms with E-state index in [9.17, 15) is 17.9 Å². The van der Waals surface area contributed by atoms with Crippen molar-refractivity contribution in [2.75, 3.05) is 33.7 Å². The van der Waals surface area contributed by atoms with Crippen LogP contribution in [0.15, 0.2) is 17.0 Å². The SMILES string of the molecule is Cc1cc(S(=O)(=O)N2CCC(O)(CN(C)C)CC2)c(Cl)cc1F. The number of piperidine rings is 1. The summed E-state index contributed by atoms with van der Waals surface area (Å²) in [4.78, 5) is 1.79. The Morgan fingerprint density at radius 2 is 1.91 bits per heavy atom. The first-order valence-electron chi connectivity index (χ1n) is 7.38. The molecule has 0 radical (unpaired) electrons. The highest BCUT2D eigenvalue weighted by Crippen LogP contribution is 2.31. The van der Waals surface area contributed by atoms with Crippen molar-refractivity contribution in [2.45, 2.75) is 30.3 Å². The van der Waals surface area contributed by atoms with Crippen LogP contribution in [-0.4, -0.2) is 62.1 Å². The van der Waals surface area contributed by atoms with Crippen LogP contribution in [0.2, 0.25) is 5.02 Å². The molecule has 23 heavy (non-hydrogen) atoms. The number of halogens is 2. The average Bonchev–Trinajstić information content (AvgIpc) is 2.41. The third-order valence-corrected chi connectivity index (χ3v) is 6.46. The van der Waals surface area contributed by atoms with Gasteiger partial charge in [0.1, 0.15) is 10.7 Å². The largest absolute Gasteiger partial charge is 0.388 e. The van der Waals surface area contributed by atoms with Crippen LogP contribution in [0.4, 0.5) is 4.39 Å². The number of rotatable bonds is 4.